The normalized spacial score (nSPS) is 25.9. The number of methoxy groups -OCH3 is 2. The van der Waals surface area contributed by atoms with E-state index in [-0.39, 0.29) is 23.9 Å². The molecule has 0 aromatic heterocycles. The number of rotatable bonds is 2. The lowest BCUT2D eigenvalue weighted by Gasteiger charge is -2.48. The first-order valence-electron chi connectivity index (χ1n) is 11.3. The maximum Gasteiger partial charge on any atom is 0.331 e. The van der Waals surface area contributed by atoms with Crippen LogP contribution in [0.5, 0.6) is 17.2 Å². The minimum absolute atomic E-state index is 0.0492. The number of nitrogens with zero attached hydrogens (tertiary/aromatic N) is 1. The van der Waals surface area contributed by atoms with Crippen LogP contribution >= 0.6 is 0 Å². The number of benzene rings is 2. The zero-order valence-electron chi connectivity index (χ0n) is 18.5. The maximum atomic E-state index is 12.5. The Hall–Kier alpha value is -2.99. The Kier molecular flexibility index (Phi) is 5.55. The van der Waals surface area contributed by atoms with E-state index >= 15 is 0 Å². The average Bonchev–Trinajstić information content (AvgIpc) is 2.81. The number of carbonyl (C=O) groups is 1. The van der Waals surface area contributed by atoms with Gasteiger partial charge in [0, 0.05) is 36.6 Å². The molecule has 5 rings (SSSR count). The molecule has 3 heterocycles. The van der Waals surface area contributed by atoms with Gasteiger partial charge in [-0.3, -0.25) is 4.90 Å². The highest BCUT2D eigenvalue weighted by molar-refractivity contribution is 5.88. The van der Waals surface area contributed by atoms with Crippen molar-refractivity contribution in [3.8, 4) is 28.4 Å². The van der Waals surface area contributed by atoms with Crippen LogP contribution in [0.15, 0.2) is 36.4 Å². The zero-order valence-corrected chi connectivity index (χ0v) is 18.5. The fraction of sp³-hybridized carbons (Fsp3) is 0.423. The van der Waals surface area contributed by atoms with E-state index < -0.39 is 0 Å². The summed E-state index contributed by atoms with van der Waals surface area (Å²) in [6.07, 6.45) is 8.08. The van der Waals surface area contributed by atoms with E-state index in [2.05, 4.69) is 4.90 Å². The Morgan fingerprint density at radius 3 is 2.62 bits per heavy atom. The van der Waals surface area contributed by atoms with Gasteiger partial charge in [0.1, 0.15) is 11.9 Å². The van der Waals surface area contributed by atoms with Gasteiger partial charge in [0.2, 0.25) is 0 Å². The summed E-state index contributed by atoms with van der Waals surface area (Å²) in [7, 11) is 3.26. The number of hydrogen-bond acceptors (Lipinski definition) is 6. The van der Waals surface area contributed by atoms with E-state index in [0.29, 0.717) is 29.5 Å². The number of phenols is 1. The molecule has 168 valence electrons. The highest BCUT2D eigenvalue weighted by Gasteiger charge is 2.40. The molecule has 3 aliphatic rings. The Balaban J connectivity index is 1.76. The molecule has 0 radical (unpaired) electrons. The Labute approximate surface area is 188 Å². The molecule has 2 aromatic carbocycles. The van der Waals surface area contributed by atoms with Gasteiger partial charge in [-0.25, -0.2) is 4.79 Å². The average molecular weight is 436 g/mol. The molecule has 4 bridgehead atoms. The number of phenolic OH excluding ortho intramolecular Hbond substituents is 1. The summed E-state index contributed by atoms with van der Waals surface area (Å²) in [5.74, 6) is 1.15. The Bertz CT molecular complexity index is 1060. The summed E-state index contributed by atoms with van der Waals surface area (Å²) in [5, 5.41) is 10.8. The lowest BCUT2D eigenvalue weighted by Crippen LogP contribution is -2.49. The van der Waals surface area contributed by atoms with Gasteiger partial charge in [-0.15, -0.1) is 0 Å². The Morgan fingerprint density at radius 1 is 1.00 bits per heavy atom. The SMILES string of the molecule is COc1cc2c(cc1OC)[C@@H]1C[C@@H](C[C@H]3CCCCN31)OC(=O)/C=C/c1ccc(O)c-2c1. The van der Waals surface area contributed by atoms with E-state index in [1.165, 1.54) is 12.5 Å². The first-order valence-corrected chi connectivity index (χ1v) is 11.3. The lowest BCUT2D eigenvalue weighted by atomic mass is 9.81. The summed E-state index contributed by atoms with van der Waals surface area (Å²) in [6.45, 7) is 1.01. The Morgan fingerprint density at radius 2 is 1.81 bits per heavy atom. The first-order chi connectivity index (χ1) is 15.6. The topological polar surface area (TPSA) is 68.2 Å². The molecule has 3 atom stereocenters. The summed E-state index contributed by atoms with van der Waals surface area (Å²) >= 11 is 0. The van der Waals surface area contributed by atoms with Gasteiger partial charge in [-0.1, -0.05) is 12.5 Å². The number of hydrogen-bond donors (Lipinski definition) is 1. The molecule has 2 fully saturated rings. The second-order valence-corrected chi connectivity index (χ2v) is 8.84. The quantitative estimate of drug-likeness (QED) is 0.690. The summed E-state index contributed by atoms with van der Waals surface area (Å²) in [4.78, 5) is 15.1. The van der Waals surface area contributed by atoms with Crippen molar-refractivity contribution in [3.63, 3.8) is 0 Å². The van der Waals surface area contributed by atoms with Crippen molar-refractivity contribution in [1.29, 1.82) is 0 Å². The summed E-state index contributed by atoms with van der Waals surface area (Å²) < 4.78 is 17.2. The molecule has 0 amide bonds. The van der Waals surface area contributed by atoms with Crippen LogP contribution < -0.4 is 9.47 Å². The van der Waals surface area contributed by atoms with Crippen LogP contribution in [-0.4, -0.2) is 48.9 Å². The molecule has 6 nitrogen and oxygen atoms in total. The highest BCUT2D eigenvalue weighted by atomic mass is 16.5. The fourth-order valence-corrected chi connectivity index (χ4v) is 5.52. The van der Waals surface area contributed by atoms with Crippen molar-refractivity contribution in [2.24, 2.45) is 0 Å². The van der Waals surface area contributed by atoms with Crippen LogP contribution in [0.1, 0.15) is 49.3 Å². The molecule has 0 aliphatic carbocycles. The van der Waals surface area contributed by atoms with E-state index in [0.717, 1.165) is 42.5 Å². The zero-order chi connectivity index (χ0) is 22.2. The molecule has 3 aliphatic heterocycles. The number of ether oxygens (including phenoxy) is 3. The van der Waals surface area contributed by atoms with E-state index in [4.69, 9.17) is 14.2 Å². The van der Waals surface area contributed by atoms with Crippen LogP contribution in [0.25, 0.3) is 17.2 Å². The van der Waals surface area contributed by atoms with Gasteiger partial charge in [-0.2, -0.15) is 0 Å². The molecule has 0 spiro atoms. The predicted molar refractivity (Wildman–Crippen MR) is 122 cm³/mol. The smallest absolute Gasteiger partial charge is 0.331 e. The van der Waals surface area contributed by atoms with Crippen LogP contribution in [0.3, 0.4) is 0 Å². The van der Waals surface area contributed by atoms with Crippen molar-refractivity contribution in [1.82, 2.24) is 4.90 Å². The monoisotopic (exact) mass is 435 g/mol. The second kappa shape index (κ2) is 8.51. The molecule has 32 heavy (non-hydrogen) atoms. The van der Waals surface area contributed by atoms with E-state index in [1.807, 2.05) is 18.2 Å². The van der Waals surface area contributed by atoms with Gasteiger partial charge >= 0.3 is 5.97 Å². The molecule has 2 aromatic rings. The molecule has 1 N–H and O–H groups in total. The predicted octanol–water partition coefficient (Wildman–Crippen LogP) is 4.70. The van der Waals surface area contributed by atoms with Crippen molar-refractivity contribution < 1.29 is 24.1 Å². The number of esters is 1. The van der Waals surface area contributed by atoms with E-state index in [1.54, 1.807) is 32.4 Å². The number of piperidine rings is 2. The molecule has 6 heteroatoms. The van der Waals surface area contributed by atoms with E-state index in [9.17, 15) is 9.90 Å². The third-order valence-electron chi connectivity index (χ3n) is 7.01. The number of fused-ring (bicyclic) bond motifs is 9. The van der Waals surface area contributed by atoms with Crippen LogP contribution in [0.2, 0.25) is 0 Å². The first kappa shape index (κ1) is 20.9. The van der Waals surface area contributed by atoms with Crippen molar-refractivity contribution in [2.75, 3.05) is 20.8 Å². The molecule has 2 saturated heterocycles. The molecular weight excluding hydrogens is 406 g/mol. The number of carbonyl (C=O) groups excluding carboxylic acids is 1. The fourth-order valence-electron chi connectivity index (χ4n) is 5.52. The third-order valence-corrected chi connectivity index (χ3v) is 7.01. The minimum atomic E-state index is -0.319. The third kappa shape index (κ3) is 3.73. The molecular formula is C26H29NO5. The standard InChI is InChI=1S/C26H29NO5/c1-30-24-14-19-20(15-25(24)31-2)22-13-18(12-17-5-3-4-10-27(17)22)32-26(29)9-7-16-6-8-23(28)21(19)11-16/h6-9,11,14-15,17-18,22,28H,3-5,10,12-13H2,1-2H3/b9-7+/t17-,18-,22+/m1/s1. The second-order valence-electron chi connectivity index (χ2n) is 8.84. The molecule has 0 saturated carbocycles. The van der Waals surface area contributed by atoms with Crippen LogP contribution in [0, 0.1) is 0 Å². The highest BCUT2D eigenvalue weighted by Crippen LogP contribution is 2.47. The van der Waals surface area contributed by atoms with Crippen molar-refractivity contribution >= 4 is 12.0 Å². The summed E-state index contributed by atoms with van der Waals surface area (Å²) in [5.41, 5.74) is 3.51. The van der Waals surface area contributed by atoms with Gasteiger partial charge < -0.3 is 19.3 Å². The van der Waals surface area contributed by atoms with Gasteiger partial charge in [-0.05, 0) is 66.4 Å². The maximum absolute atomic E-state index is 12.5. The van der Waals surface area contributed by atoms with Crippen LogP contribution in [-0.2, 0) is 9.53 Å². The van der Waals surface area contributed by atoms with Crippen molar-refractivity contribution in [3.05, 3.63) is 47.5 Å². The lowest BCUT2D eigenvalue weighted by molar-refractivity contribution is -0.148. The minimum Gasteiger partial charge on any atom is -0.507 e. The summed E-state index contributed by atoms with van der Waals surface area (Å²) in [6, 6.07) is 9.76. The van der Waals surface area contributed by atoms with Gasteiger partial charge in [0.25, 0.3) is 0 Å². The van der Waals surface area contributed by atoms with Gasteiger partial charge in [0.15, 0.2) is 11.5 Å². The van der Waals surface area contributed by atoms with Crippen molar-refractivity contribution in [2.45, 2.75) is 50.3 Å². The van der Waals surface area contributed by atoms with Gasteiger partial charge in [0.05, 0.1) is 14.2 Å². The largest absolute Gasteiger partial charge is 0.507 e. The molecule has 0 unspecified atom stereocenters. The number of aromatic hydroxyl groups is 1. The van der Waals surface area contributed by atoms with Crippen LogP contribution in [0.4, 0.5) is 0 Å².